The average molecular weight is 332 g/mol. The van der Waals surface area contributed by atoms with Gasteiger partial charge in [-0.05, 0) is 38.8 Å². The van der Waals surface area contributed by atoms with Gasteiger partial charge in [0.15, 0.2) is 0 Å². The van der Waals surface area contributed by atoms with E-state index in [0.29, 0.717) is 37.8 Å². The van der Waals surface area contributed by atoms with Crippen molar-refractivity contribution in [1.29, 1.82) is 0 Å². The molecule has 2 heterocycles. The van der Waals surface area contributed by atoms with Crippen LogP contribution in [0.5, 0.6) is 5.75 Å². The van der Waals surface area contributed by atoms with Crippen LogP contribution in [0.4, 0.5) is 0 Å². The van der Waals surface area contributed by atoms with Crippen molar-refractivity contribution in [2.45, 2.75) is 57.4 Å². The summed E-state index contributed by atoms with van der Waals surface area (Å²) < 4.78 is 11.5. The third-order valence-corrected chi connectivity index (χ3v) is 4.76. The van der Waals surface area contributed by atoms with Crippen molar-refractivity contribution in [3.63, 3.8) is 0 Å². The van der Waals surface area contributed by atoms with Gasteiger partial charge in [-0.15, -0.1) is 0 Å². The summed E-state index contributed by atoms with van der Waals surface area (Å²) in [5.74, 6) is 1.07. The molecule has 0 unspecified atom stereocenters. The molecule has 0 aliphatic carbocycles. The summed E-state index contributed by atoms with van der Waals surface area (Å²) in [5.41, 5.74) is 0. The van der Waals surface area contributed by atoms with Crippen molar-refractivity contribution in [1.82, 2.24) is 10.2 Å². The van der Waals surface area contributed by atoms with Crippen LogP contribution in [0, 0.1) is 0 Å². The molecule has 1 aromatic carbocycles. The fourth-order valence-electron chi connectivity index (χ4n) is 3.76. The predicted octanol–water partition coefficient (Wildman–Crippen LogP) is 2.21. The molecule has 2 fully saturated rings. The van der Waals surface area contributed by atoms with Crippen LogP contribution >= 0.6 is 0 Å². The second-order valence-corrected chi connectivity index (χ2v) is 6.99. The maximum atomic E-state index is 12.2. The van der Waals surface area contributed by atoms with Crippen molar-refractivity contribution in [2.75, 3.05) is 19.7 Å². The minimum absolute atomic E-state index is 0.220. The molecule has 0 spiro atoms. The number of carbonyl (C=O) groups is 1. The van der Waals surface area contributed by atoms with E-state index >= 15 is 0 Å². The molecule has 0 radical (unpaired) electrons. The highest BCUT2D eigenvalue weighted by Gasteiger charge is 2.33. The van der Waals surface area contributed by atoms with Crippen molar-refractivity contribution in [2.24, 2.45) is 0 Å². The summed E-state index contributed by atoms with van der Waals surface area (Å²) >= 11 is 0. The van der Waals surface area contributed by atoms with E-state index in [2.05, 4.69) is 19.2 Å². The van der Waals surface area contributed by atoms with E-state index in [9.17, 15) is 4.79 Å². The van der Waals surface area contributed by atoms with Crippen LogP contribution in [-0.4, -0.2) is 54.8 Å². The lowest BCUT2D eigenvalue weighted by atomic mass is 9.99. The lowest BCUT2D eigenvalue weighted by molar-refractivity contribution is -0.128. The molecule has 0 aromatic heterocycles. The molecule has 5 nitrogen and oxygen atoms in total. The van der Waals surface area contributed by atoms with Gasteiger partial charge < -0.3 is 19.7 Å². The number of amides is 1. The van der Waals surface area contributed by atoms with Gasteiger partial charge in [0.2, 0.25) is 5.91 Å². The van der Waals surface area contributed by atoms with Crippen LogP contribution in [0.15, 0.2) is 30.3 Å². The smallest absolute Gasteiger partial charge is 0.224 e. The zero-order chi connectivity index (χ0) is 16.9. The molecule has 1 amide bonds. The van der Waals surface area contributed by atoms with Gasteiger partial charge in [-0.1, -0.05) is 18.2 Å². The average Bonchev–Trinajstić information content (AvgIpc) is 2.87. The molecule has 2 aliphatic rings. The zero-order valence-electron chi connectivity index (χ0n) is 14.6. The molecule has 0 bridgehead atoms. The van der Waals surface area contributed by atoms with Gasteiger partial charge >= 0.3 is 0 Å². The molecular formula is C19H28N2O3. The summed E-state index contributed by atoms with van der Waals surface area (Å²) in [6.45, 7) is 6.20. The Balaban J connectivity index is 1.42. The van der Waals surface area contributed by atoms with E-state index in [1.54, 1.807) is 0 Å². The van der Waals surface area contributed by atoms with E-state index in [-0.39, 0.29) is 11.9 Å². The summed E-state index contributed by atoms with van der Waals surface area (Å²) in [7, 11) is 0. The third-order valence-electron chi connectivity index (χ3n) is 4.76. The second-order valence-electron chi connectivity index (χ2n) is 6.99. The number of benzene rings is 1. The molecule has 3 atom stereocenters. The van der Waals surface area contributed by atoms with E-state index in [0.717, 1.165) is 25.1 Å². The molecule has 5 heteroatoms. The number of hydrogen-bond acceptors (Lipinski definition) is 4. The number of nitrogens with one attached hydrogen (secondary N) is 1. The second kappa shape index (κ2) is 7.99. The quantitative estimate of drug-likeness (QED) is 0.868. The standard InChI is InChI=1S/C19H28N2O3/c1-14-10-16(11-15(2)24-14)20-17-12-19(22)21(13-17)8-9-23-18-6-4-3-5-7-18/h3-7,14-17,20H,8-13H2,1-2H3/t14-,15-,17+/m1/s1. The summed E-state index contributed by atoms with van der Waals surface area (Å²) in [5, 5.41) is 3.66. The molecule has 2 aliphatic heterocycles. The number of nitrogens with zero attached hydrogens (tertiary/aromatic N) is 1. The number of rotatable bonds is 6. The first-order valence-corrected chi connectivity index (χ1v) is 8.97. The Kier molecular flexibility index (Phi) is 5.74. The maximum Gasteiger partial charge on any atom is 0.224 e. The lowest BCUT2D eigenvalue weighted by Gasteiger charge is -2.34. The number of carbonyl (C=O) groups excluding carboxylic acids is 1. The molecule has 1 N–H and O–H groups in total. The Morgan fingerprint density at radius 3 is 2.58 bits per heavy atom. The van der Waals surface area contributed by atoms with E-state index in [4.69, 9.17) is 9.47 Å². The molecule has 3 rings (SSSR count). The highest BCUT2D eigenvalue weighted by molar-refractivity contribution is 5.79. The largest absolute Gasteiger partial charge is 0.492 e. The molecule has 132 valence electrons. The van der Waals surface area contributed by atoms with Gasteiger partial charge in [0.1, 0.15) is 12.4 Å². The lowest BCUT2D eigenvalue weighted by Crippen LogP contribution is -2.46. The topological polar surface area (TPSA) is 50.8 Å². The third kappa shape index (κ3) is 4.71. The molecule has 2 saturated heterocycles. The summed E-state index contributed by atoms with van der Waals surface area (Å²) in [6, 6.07) is 10.4. The van der Waals surface area contributed by atoms with Crippen LogP contribution in [-0.2, 0) is 9.53 Å². The number of para-hydroxylation sites is 1. The molecule has 24 heavy (non-hydrogen) atoms. The Hall–Kier alpha value is -1.59. The minimum Gasteiger partial charge on any atom is -0.492 e. The van der Waals surface area contributed by atoms with Crippen LogP contribution < -0.4 is 10.1 Å². The Morgan fingerprint density at radius 2 is 1.88 bits per heavy atom. The number of hydrogen-bond donors (Lipinski definition) is 1. The fourth-order valence-corrected chi connectivity index (χ4v) is 3.76. The first kappa shape index (κ1) is 17.2. The Morgan fingerprint density at radius 1 is 1.17 bits per heavy atom. The molecule has 0 saturated carbocycles. The fraction of sp³-hybridized carbons (Fsp3) is 0.632. The Bertz CT molecular complexity index is 527. The van der Waals surface area contributed by atoms with Gasteiger partial charge in [-0.2, -0.15) is 0 Å². The van der Waals surface area contributed by atoms with Crippen molar-refractivity contribution >= 4 is 5.91 Å². The normalized spacial score (nSPS) is 30.6. The van der Waals surface area contributed by atoms with E-state index in [1.165, 1.54) is 0 Å². The first-order valence-electron chi connectivity index (χ1n) is 8.97. The molecule has 1 aromatic rings. The van der Waals surface area contributed by atoms with Gasteiger partial charge in [-0.25, -0.2) is 0 Å². The SMILES string of the molecule is C[C@@H]1CC(N[C@H]2CC(=O)N(CCOc3ccccc3)C2)C[C@@H](C)O1. The van der Waals surface area contributed by atoms with Gasteiger partial charge in [0.05, 0.1) is 18.8 Å². The number of likely N-dealkylation sites (tertiary alicyclic amines) is 1. The van der Waals surface area contributed by atoms with Crippen molar-refractivity contribution < 1.29 is 14.3 Å². The monoisotopic (exact) mass is 332 g/mol. The summed E-state index contributed by atoms with van der Waals surface area (Å²) in [6.07, 6.45) is 3.21. The molecular weight excluding hydrogens is 304 g/mol. The minimum atomic E-state index is 0.220. The highest BCUT2D eigenvalue weighted by Crippen LogP contribution is 2.21. The maximum absolute atomic E-state index is 12.2. The first-order chi connectivity index (χ1) is 11.6. The van der Waals surface area contributed by atoms with Crippen molar-refractivity contribution in [3.8, 4) is 5.75 Å². The zero-order valence-corrected chi connectivity index (χ0v) is 14.6. The van der Waals surface area contributed by atoms with E-state index in [1.807, 2.05) is 35.2 Å². The van der Waals surface area contributed by atoms with Crippen LogP contribution in [0.2, 0.25) is 0 Å². The predicted molar refractivity (Wildman–Crippen MR) is 93.1 cm³/mol. The van der Waals surface area contributed by atoms with E-state index < -0.39 is 0 Å². The van der Waals surface area contributed by atoms with Crippen LogP contribution in [0.25, 0.3) is 0 Å². The number of ether oxygens (including phenoxy) is 2. The highest BCUT2D eigenvalue weighted by atomic mass is 16.5. The van der Waals surface area contributed by atoms with Gasteiger partial charge in [-0.3, -0.25) is 4.79 Å². The van der Waals surface area contributed by atoms with Crippen molar-refractivity contribution in [3.05, 3.63) is 30.3 Å². The van der Waals surface area contributed by atoms with Gasteiger partial charge in [0, 0.05) is 25.0 Å². The summed E-state index contributed by atoms with van der Waals surface area (Å²) in [4.78, 5) is 14.1. The van der Waals surface area contributed by atoms with Gasteiger partial charge in [0.25, 0.3) is 0 Å². The van der Waals surface area contributed by atoms with Crippen LogP contribution in [0.3, 0.4) is 0 Å². The van der Waals surface area contributed by atoms with Crippen LogP contribution in [0.1, 0.15) is 33.1 Å². The Labute approximate surface area is 144 Å².